The van der Waals surface area contributed by atoms with Crippen LogP contribution in [0.5, 0.6) is 5.75 Å². The molecule has 0 saturated heterocycles. The number of aryl methyl sites for hydroxylation is 1. The van der Waals surface area contributed by atoms with Crippen molar-refractivity contribution in [3.8, 4) is 5.75 Å². The van der Waals surface area contributed by atoms with E-state index in [9.17, 15) is 4.39 Å². The molecule has 2 rings (SSSR count). The van der Waals surface area contributed by atoms with Gasteiger partial charge in [-0.15, -0.1) is 0 Å². The maximum atomic E-state index is 13.3. The molecule has 0 aliphatic rings. The summed E-state index contributed by atoms with van der Waals surface area (Å²) in [4.78, 5) is 0. The first kappa shape index (κ1) is 12.4. The van der Waals surface area contributed by atoms with Gasteiger partial charge in [0.2, 0.25) is 0 Å². The Morgan fingerprint density at radius 2 is 1.72 bits per heavy atom. The second kappa shape index (κ2) is 6.05. The highest BCUT2D eigenvalue weighted by molar-refractivity contribution is 5.51. The Morgan fingerprint density at radius 1 is 1.00 bits per heavy atom. The van der Waals surface area contributed by atoms with Crippen molar-refractivity contribution >= 4 is 5.69 Å². The molecule has 0 heterocycles. The predicted octanol–water partition coefficient (Wildman–Crippen LogP) is 3.42. The van der Waals surface area contributed by atoms with E-state index in [0.717, 1.165) is 12.0 Å². The number of rotatable bonds is 5. The van der Waals surface area contributed by atoms with Gasteiger partial charge in [0, 0.05) is 0 Å². The minimum absolute atomic E-state index is 0.156. The molecule has 0 unspecified atom stereocenters. The highest BCUT2D eigenvalue weighted by atomic mass is 19.1. The summed E-state index contributed by atoms with van der Waals surface area (Å²) in [6.07, 6.45) is 1.43. The van der Waals surface area contributed by atoms with Crippen LogP contribution in [0.15, 0.2) is 48.5 Å². The van der Waals surface area contributed by atoms with Crippen LogP contribution >= 0.6 is 0 Å². The Bertz CT molecular complexity index is 466. The fourth-order valence-electron chi connectivity index (χ4n) is 1.76. The third-order valence-electron chi connectivity index (χ3n) is 2.72. The molecular formula is C15H16FNO. The van der Waals surface area contributed by atoms with E-state index in [1.54, 1.807) is 18.2 Å². The molecular weight excluding hydrogens is 229 g/mol. The summed E-state index contributed by atoms with van der Waals surface area (Å²) in [5.41, 5.74) is 7.11. The number of nitrogens with two attached hydrogens (primary N) is 1. The van der Waals surface area contributed by atoms with E-state index in [1.807, 2.05) is 24.3 Å². The van der Waals surface area contributed by atoms with Crippen LogP contribution in [0.3, 0.4) is 0 Å². The number of para-hydroxylation sites is 2. The van der Waals surface area contributed by atoms with Gasteiger partial charge in [0.15, 0.2) is 0 Å². The highest BCUT2D eigenvalue weighted by Crippen LogP contribution is 2.20. The van der Waals surface area contributed by atoms with E-state index in [0.29, 0.717) is 24.5 Å². The number of hydrogen-bond acceptors (Lipinski definition) is 2. The molecule has 18 heavy (non-hydrogen) atoms. The monoisotopic (exact) mass is 245 g/mol. The van der Waals surface area contributed by atoms with Crippen molar-refractivity contribution in [3.63, 3.8) is 0 Å². The van der Waals surface area contributed by atoms with Crippen LogP contribution in [0.1, 0.15) is 12.0 Å². The fraction of sp³-hybridized carbons (Fsp3) is 0.200. The van der Waals surface area contributed by atoms with Crippen LogP contribution in [-0.2, 0) is 6.42 Å². The van der Waals surface area contributed by atoms with E-state index in [4.69, 9.17) is 10.5 Å². The summed E-state index contributed by atoms with van der Waals surface area (Å²) in [7, 11) is 0. The zero-order valence-electron chi connectivity index (χ0n) is 10.1. The fourth-order valence-corrected chi connectivity index (χ4v) is 1.76. The lowest BCUT2D eigenvalue weighted by Crippen LogP contribution is -2.02. The Balaban J connectivity index is 1.80. The third kappa shape index (κ3) is 3.23. The molecule has 2 aromatic rings. The van der Waals surface area contributed by atoms with E-state index >= 15 is 0 Å². The van der Waals surface area contributed by atoms with Crippen molar-refractivity contribution in [2.75, 3.05) is 12.3 Å². The first-order valence-electron chi connectivity index (χ1n) is 5.98. The van der Waals surface area contributed by atoms with Gasteiger partial charge in [-0.25, -0.2) is 4.39 Å². The molecule has 2 aromatic carbocycles. The smallest absolute Gasteiger partial charge is 0.142 e. The minimum Gasteiger partial charge on any atom is -0.491 e. The lowest BCUT2D eigenvalue weighted by molar-refractivity contribution is 0.312. The number of hydrogen-bond donors (Lipinski definition) is 1. The first-order chi connectivity index (χ1) is 8.77. The molecule has 2 nitrogen and oxygen atoms in total. The molecule has 0 aliphatic carbocycles. The summed E-state index contributed by atoms with van der Waals surface area (Å²) in [6, 6.07) is 14.2. The summed E-state index contributed by atoms with van der Waals surface area (Å²) in [5.74, 6) is 0.530. The van der Waals surface area contributed by atoms with Crippen LogP contribution < -0.4 is 10.5 Å². The van der Waals surface area contributed by atoms with E-state index in [2.05, 4.69) is 0 Å². The molecule has 0 aliphatic heterocycles. The van der Waals surface area contributed by atoms with Gasteiger partial charge in [-0.3, -0.25) is 0 Å². The van der Waals surface area contributed by atoms with Gasteiger partial charge in [0.25, 0.3) is 0 Å². The summed E-state index contributed by atoms with van der Waals surface area (Å²) < 4.78 is 18.9. The second-order valence-electron chi connectivity index (χ2n) is 4.08. The van der Waals surface area contributed by atoms with Crippen LogP contribution in [0, 0.1) is 5.82 Å². The summed E-state index contributed by atoms with van der Waals surface area (Å²) in [6.45, 7) is 0.530. The normalized spacial score (nSPS) is 10.3. The number of halogens is 1. The lowest BCUT2D eigenvalue weighted by Gasteiger charge is -2.08. The molecule has 0 spiro atoms. The summed E-state index contributed by atoms with van der Waals surface area (Å²) >= 11 is 0. The maximum Gasteiger partial charge on any atom is 0.142 e. The molecule has 0 amide bonds. The maximum absolute atomic E-state index is 13.3. The van der Waals surface area contributed by atoms with Crippen molar-refractivity contribution in [1.29, 1.82) is 0 Å². The van der Waals surface area contributed by atoms with Gasteiger partial charge in [-0.05, 0) is 36.6 Å². The van der Waals surface area contributed by atoms with Crippen LogP contribution in [-0.4, -0.2) is 6.61 Å². The highest BCUT2D eigenvalue weighted by Gasteiger charge is 2.01. The molecule has 0 aromatic heterocycles. The first-order valence-corrected chi connectivity index (χ1v) is 5.98. The second-order valence-corrected chi connectivity index (χ2v) is 4.08. The van der Waals surface area contributed by atoms with Gasteiger partial charge in [-0.1, -0.05) is 30.3 Å². The molecule has 94 valence electrons. The van der Waals surface area contributed by atoms with Crippen molar-refractivity contribution in [1.82, 2.24) is 0 Å². The molecule has 0 radical (unpaired) electrons. The average Bonchev–Trinajstić information content (AvgIpc) is 2.38. The van der Waals surface area contributed by atoms with Crippen LogP contribution in [0.4, 0.5) is 10.1 Å². The van der Waals surface area contributed by atoms with Crippen molar-refractivity contribution < 1.29 is 9.13 Å². The van der Waals surface area contributed by atoms with Gasteiger partial charge >= 0.3 is 0 Å². The number of nitrogen functional groups attached to an aromatic ring is 1. The standard InChI is InChI=1S/C15H16FNO/c16-13-8-2-1-6-12(13)7-5-11-18-15-10-4-3-9-14(15)17/h1-4,6,8-10H,5,7,11,17H2. The van der Waals surface area contributed by atoms with E-state index < -0.39 is 0 Å². The average molecular weight is 245 g/mol. The summed E-state index contributed by atoms with van der Waals surface area (Å²) in [5, 5.41) is 0. The SMILES string of the molecule is Nc1ccccc1OCCCc1ccccc1F. The minimum atomic E-state index is -0.156. The predicted molar refractivity (Wildman–Crippen MR) is 71.1 cm³/mol. The van der Waals surface area contributed by atoms with Gasteiger partial charge in [0.1, 0.15) is 11.6 Å². The molecule has 3 heteroatoms. The molecule has 0 saturated carbocycles. The number of benzene rings is 2. The Labute approximate surface area is 106 Å². The third-order valence-corrected chi connectivity index (χ3v) is 2.72. The Kier molecular flexibility index (Phi) is 4.18. The van der Waals surface area contributed by atoms with Crippen molar-refractivity contribution in [3.05, 3.63) is 59.9 Å². The zero-order valence-corrected chi connectivity index (χ0v) is 10.1. The molecule has 0 atom stereocenters. The largest absolute Gasteiger partial charge is 0.491 e. The zero-order chi connectivity index (χ0) is 12.8. The van der Waals surface area contributed by atoms with Crippen LogP contribution in [0.25, 0.3) is 0 Å². The quantitative estimate of drug-likeness (QED) is 0.647. The van der Waals surface area contributed by atoms with Crippen molar-refractivity contribution in [2.24, 2.45) is 0 Å². The number of ether oxygens (including phenoxy) is 1. The van der Waals surface area contributed by atoms with Crippen molar-refractivity contribution in [2.45, 2.75) is 12.8 Å². The van der Waals surface area contributed by atoms with Gasteiger partial charge in [-0.2, -0.15) is 0 Å². The van der Waals surface area contributed by atoms with Gasteiger partial charge in [0.05, 0.1) is 12.3 Å². The van der Waals surface area contributed by atoms with E-state index in [-0.39, 0.29) is 5.82 Å². The topological polar surface area (TPSA) is 35.2 Å². The number of anilines is 1. The Hall–Kier alpha value is -2.03. The van der Waals surface area contributed by atoms with E-state index in [1.165, 1.54) is 6.07 Å². The Morgan fingerprint density at radius 3 is 2.50 bits per heavy atom. The van der Waals surface area contributed by atoms with Crippen LogP contribution in [0.2, 0.25) is 0 Å². The lowest BCUT2D eigenvalue weighted by atomic mass is 10.1. The molecule has 0 bridgehead atoms. The van der Waals surface area contributed by atoms with Gasteiger partial charge < -0.3 is 10.5 Å². The molecule has 0 fully saturated rings. The molecule has 2 N–H and O–H groups in total.